The number of aromatic nitrogens is 2. The van der Waals surface area contributed by atoms with Crippen molar-refractivity contribution in [2.75, 3.05) is 115 Å². The number of fused-ring (bicyclic) bond motifs is 2. The second kappa shape index (κ2) is 24.0. The second-order valence-corrected chi connectivity index (χ2v) is 17.7. The number of halogens is 2. The van der Waals surface area contributed by atoms with Crippen LogP contribution < -0.4 is 26.0 Å². The predicted molar refractivity (Wildman–Crippen MR) is 260 cm³/mol. The third-order valence-electron chi connectivity index (χ3n) is 12.9. The highest BCUT2D eigenvalue weighted by Crippen LogP contribution is 2.35. The summed E-state index contributed by atoms with van der Waals surface area (Å²) in [5.74, 6) is -0.940. The van der Waals surface area contributed by atoms with E-state index in [1.807, 2.05) is 17.0 Å². The van der Waals surface area contributed by atoms with Gasteiger partial charge in [0.2, 0.25) is 23.6 Å². The van der Waals surface area contributed by atoms with E-state index in [4.69, 9.17) is 30.5 Å². The molecule has 19 nitrogen and oxygen atoms in total. The molecule has 0 radical (unpaired) electrons. The molecule has 3 fully saturated rings. The van der Waals surface area contributed by atoms with E-state index < -0.39 is 17.8 Å². The Kier molecular flexibility index (Phi) is 17.2. The van der Waals surface area contributed by atoms with E-state index in [0.29, 0.717) is 118 Å². The minimum absolute atomic E-state index is 0.00757. The number of anilines is 4. The van der Waals surface area contributed by atoms with E-state index >= 15 is 0 Å². The summed E-state index contributed by atoms with van der Waals surface area (Å²) in [5.41, 5.74) is 3.75. The van der Waals surface area contributed by atoms with Crippen LogP contribution in [0.1, 0.15) is 41.6 Å². The van der Waals surface area contributed by atoms with Gasteiger partial charge in [0.1, 0.15) is 36.4 Å². The maximum Gasteiger partial charge on any atom is 0.255 e. The summed E-state index contributed by atoms with van der Waals surface area (Å²) in [6.45, 7) is 8.00. The van der Waals surface area contributed by atoms with Gasteiger partial charge in [-0.1, -0.05) is 23.7 Å². The molecule has 70 heavy (non-hydrogen) atoms. The number of piperazine rings is 1. The first-order valence-electron chi connectivity index (χ1n) is 23.5. The number of rotatable bonds is 21. The summed E-state index contributed by atoms with van der Waals surface area (Å²) in [6, 6.07) is 13.0. The number of benzene rings is 3. The van der Waals surface area contributed by atoms with Crippen LogP contribution in [0, 0.1) is 5.82 Å². The summed E-state index contributed by atoms with van der Waals surface area (Å²) in [4.78, 5) is 79.8. The van der Waals surface area contributed by atoms with Crippen LogP contribution in [0.3, 0.4) is 0 Å². The smallest absolute Gasteiger partial charge is 0.255 e. The van der Waals surface area contributed by atoms with E-state index in [-0.39, 0.29) is 41.7 Å². The van der Waals surface area contributed by atoms with Gasteiger partial charge in [-0.05, 0) is 68.8 Å². The maximum absolute atomic E-state index is 13.7. The Morgan fingerprint density at radius 2 is 1.67 bits per heavy atom. The number of carbonyl (C=O) groups is 5. The highest BCUT2D eigenvalue weighted by molar-refractivity contribution is 6.31. The Labute approximate surface area is 410 Å². The van der Waals surface area contributed by atoms with Gasteiger partial charge >= 0.3 is 0 Å². The topological polar surface area (TPSA) is 209 Å². The Hall–Kier alpha value is -6.29. The molecule has 0 bridgehead atoms. The van der Waals surface area contributed by atoms with Gasteiger partial charge in [0.05, 0.1) is 56.4 Å². The van der Waals surface area contributed by atoms with Gasteiger partial charge in [-0.15, -0.1) is 0 Å². The molecule has 21 heteroatoms. The second-order valence-electron chi connectivity index (χ2n) is 17.3. The molecule has 4 aromatic rings. The third kappa shape index (κ3) is 12.7. The molecule has 1 aromatic heterocycles. The molecule has 4 aliphatic heterocycles. The highest BCUT2D eigenvalue weighted by atomic mass is 35.5. The lowest BCUT2D eigenvalue weighted by atomic mass is 10.0. The van der Waals surface area contributed by atoms with Crippen LogP contribution in [-0.2, 0) is 39.9 Å². The number of nitrogens with zero attached hydrogens (tertiary/aromatic N) is 6. The molecular weight excluding hydrogens is 927 g/mol. The molecule has 8 rings (SSSR count). The standard InChI is InChI=1S/C49H58ClFN10O9/c1-67-43-28-40-35(47(54-31-53-40)55-32-7-8-38(51)37(50)26-32)27-41(43)56-44(62)6-3-14-58-15-11-33(12-16-58)59-17-19-60(20-18-59)46(64)30-70-25-24-69-23-22-68-21-13-52-39-5-2-4-34-36(39)29-61(49(34)66)42-9-10-45(63)57-48(42)65/h2-8,26-28,31,33,42,52H,9-25,29-30H2,1H3,(H,56,62)(H,53,54,55)(H,57,63,65)/b6-3+. The Morgan fingerprint density at radius 3 is 2.43 bits per heavy atom. The quantitative estimate of drug-likeness (QED) is 0.0524. The minimum Gasteiger partial charge on any atom is -0.494 e. The molecule has 0 aliphatic carbocycles. The van der Waals surface area contributed by atoms with Crippen LogP contribution in [0.25, 0.3) is 10.9 Å². The number of methoxy groups -OCH3 is 1. The van der Waals surface area contributed by atoms with Crippen LogP contribution in [0.2, 0.25) is 5.02 Å². The molecule has 3 aromatic carbocycles. The summed E-state index contributed by atoms with van der Waals surface area (Å²) < 4.78 is 36.2. The van der Waals surface area contributed by atoms with E-state index in [2.05, 4.69) is 41.0 Å². The minimum atomic E-state index is -0.661. The van der Waals surface area contributed by atoms with Crippen molar-refractivity contribution in [3.63, 3.8) is 0 Å². The molecule has 4 N–H and O–H groups in total. The highest BCUT2D eigenvalue weighted by Gasteiger charge is 2.40. The van der Waals surface area contributed by atoms with E-state index in [1.54, 1.807) is 30.3 Å². The lowest BCUT2D eigenvalue weighted by Crippen LogP contribution is -2.54. The zero-order valence-electron chi connectivity index (χ0n) is 39.1. The van der Waals surface area contributed by atoms with Gasteiger partial charge in [-0.3, -0.25) is 39.1 Å². The number of imide groups is 1. The van der Waals surface area contributed by atoms with Crippen LogP contribution in [0.15, 0.2) is 67.0 Å². The molecule has 372 valence electrons. The van der Waals surface area contributed by atoms with Gasteiger partial charge < -0.3 is 44.7 Å². The fourth-order valence-electron chi connectivity index (χ4n) is 9.15. The maximum atomic E-state index is 13.7. The average Bonchev–Trinajstić information content (AvgIpc) is 3.70. The molecule has 5 heterocycles. The molecule has 1 unspecified atom stereocenters. The van der Waals surface area contributed by atoms with Crippen molar-refractivity contribution >= 4 is 74.9 Å². The number of hydrogen-bond acceptors (Lipinski definition) is 15. The van der Waals surface area contributed by atoms with Gasteiger partial charge in [-0.2, -0.15) is 0 Å². The van der Waals surface area contributed by atoms with Gasteiger partial charge in [0, 0.05) is 98.3 Å². The molecule has 3 saturated heterocycles. The molecule has 5 amide bonds. The zero-order valence-corrected chi connectivity index (χ0v) is 39.8. The summed E-state index contributed by atoms with van der Waals surface area (Å²) in [7, 11) is 1.52. The van der Waals surface area contributed by atoms with Crippen LogP contribution >= 0.6 is 11.6 Å². The summed E-state index contributed by atoms with van der Waals surface area (Å²) >= 11 is 5.97. The monoisotopic (exact) mass is 984 g/mol. The first-order chi connectivity index (χ1) is 34.0. The van der Waals surface area contributed by atoms with Gasteiger partial charge in [0.25, 0.3) is 5.91 Å². The van der Waals surface area contributed by atoms with E-state index in [1.165, 1.54) is 36.5 Å². The number of amides is 5. The third-order valence-corrected chi connectivity index (χ3v) is 13.2. The van der Waals surface area contributed by atoms with Crippen molar-refractivity contribution in [2.24, 2.45) is 0 Å². The summed E-state index contributed by atoms with van der Waals surface area (Å²) in [5, 5.41) is 12.3. The fourth-order valence-corrected chi connectivity index (χ4v) is 9.33. The number of hydrogen-bond donors (Lipinski definition) is 4. The normalized spacial score (nSPS) is 18.1. The Balaban J connectivity index is 0.656. The van der Waals surface area contributed by atoms with Crippen LogP contribution in [-0.4, -0.2) is 170 Å². The first-order valence-corrected chi connectivity index (χ1v) is 23.9. The van der Waals surface area contributed by atoms with Crippen LogP contribution in [0.4, 0.5) is 27.3 Å². The number of piperidine rings is 2. The largest absolute Gasteiger partial charge is 0.494 e. The number of ether oxygens (including phenoxy) is 4. The molecular formula is C49H58ClFN10O9. The fraction of sp³-hybridized carbons (Fsp3) is 0.449. The zero-order chi connectivity index (χ0) is 49.0. The average molecular weight is 986 g/mol. The summed E-state index contributed by atoms with van der Waals surface area (Å²) in [6.07, 6.45) is 7.31. The van der Waals surface area contributed by atoms with Crippen molar-refractivity contribution in [1.29, 1.82) is 0 Å². The Bertz CT molecular complexity index is 2570. The van der Waals surface area contributed by atoms with Crippen molar-refractivity contribution in [3.05, 3.63) is 89.0 Å². The molecule has 4 aliphatic rings. The van der Waals surface area contributed by atoms with Crippen molar-refractivity contribution in [3.8, 4) is 5.75 Å². The number of carbonyl (C=O) groups excluding carboxylic acids is 5. The molecule has 0 saturated carbocycles. The van der Waals surface area contributed by atoms with E-state index in [9.17, 15) is 28.4 Å². The van der Waals surface area contributed by atoms with Crippen molar-refractivity contribution in [1.82, 2.24) is 34.9 Å². The first kappa shape index (κ1) is 50.1. The van der Waals surface area contributed by atoms with Gasteiger partial charge in [0.15, 0.2) is 0 Å². The van der Waals surface area contributed by atoms with Crippen molar-refractivity contribution < 1.29 is 47.3 Å². The molecule has 0 spiro atoms. The van der Waals surface area contributed by atoms with Crippen LogP contribution in [0.5, 0.6) is 5.75 Å². The van der Waals surface area contributed by atoms with E-state index in [0.717, 1.165) is 50.3 Å². The number of likely N-dealkylation sites (tertiary alicyclic amines) is 1. The SMILES string of the molecule is COc1cc2ncnc(Nc3ccc(F)c(Cl)c3)c2cc1NC(=O)/C=C/CN1CCC(N2CCN(C(=O)COCCOCCOCCNc3cccc4c3CN(C3CCC(=O)NC3=O)C4=O)CC2)CC1. The lowest BCUT2D eigenvalue weighted by Gasteiger charge is -2.42. The molecule has 1 atom stereocenters. The lowest BCUT2D eigenvalue weighted by molar-refractivity contribution is -0.139. The van der Waals surface area contributed by atoms with Crippen molar-refractivity contribution in [2.45, 2.75) is 44.3 Å². The Morgan fingerprint density at radius 1 is 0.900 bits per heavy atom. The van der Waals surface area contributed by atoms with Gasteiger partial charge in [-0.25, -0.2) is 14.4 Å². The predicted octanol–water partition coefficient (Wildman–Crippen LogP) is 4.20. The number of nitrogens with one attached hydrogen (secondary N) is 4.